The van der Waals surface area contributed by atoms with Gasteiger partial charge in [-0.3, -0.25) is 0 Å². The van der Waals surface area contributed by atoms with E-state index in [1.54, 1.807) is 12.1 Å². The van der Waals surface area contributed by atoms with Gasteiger partial charge in [-0.1, -0.05) is 0 Å². The summed E-state index contributed by atoms with van der Waals surface area (Å²) in [5, 5.41) is 0. The van der Waals surface area contributed by atoms with Crippen molar-refractivity contribution in [2.45, 2.75) is 0 Å². The zero-order chi connectivity index (χ0) is 11.3. The van der Waals surface area contributed by atoms with E-state index in [2.05, 4.69) is 4.74 Å². The molecule has 0 aliphatic rings. The van der Waals surface area contributed by atoms with Crippen molar-refractivity contribution in [2.24, 2.45) is 0 Å². The van der Waals surface area contributed by atoms with Crippen LogP contribution in [0.15, 0.2) is 18.2 Å². The molecule has 1 aromatic rings. The first-order valence-electron chi connectivity index (χ1n) is 4.28. The van der Waals surface area contributed by atoms with E-state index in [9.17, 15) is 4.79 Å². The number of carbonyl (C=O) groups is 1. The fourth-order valence-electron chi connectivity index (χ4n) is 1.08. The van der Waals surface area contributed by atoms with Crippen LogP contribution < -0.4 is 10.5 Å². The van der Waals surface area contributed by atoms with Crippen LogP contribution in [0.4, 0.5) is 5.69 Å². The van der Waals surface area contributed by atoms with Gasteiger partial charge in [-0.15, -0.1) is 0 Å². The predicted octanol–water partition coefficient (Wildman–Crippen LogP) is 1.04. The summed E-state index contributed by atoms with van der Waals surface area (Å²) in [4.78, 5) is 11.5. The van der Waals surface area contributed by atoms with Crippen molar-refractivity contribution < 1.29 is 19.0 Å². The molecule has 0 spiro atoms. The van der Waals surface area contributed by atoms with Gasteiger partial charge in [0.05, 0.1) is 7.11 Å². The SMILES string of the molecule is COCOC(=O)c1cc(N)ccc1OC. The average Bonchev–Trinajstić information content (AvgIpc) is 2.25. The molecule has 5 nitrogen and oxygen atoms in total. The molecule has 0 saturated carbocycles. The molecule has 15 heavy (non-hydrogen) atoms. The van der Waals surface area contributed by atoms with E-state index >= 15 is 0 Å². The number of hydrogen-bond acceptors (Lipinski definition) is 5. The first-order chi connectivity index (χ1) is 7.19. The highest BCUT2D eigenvalue weighted by Crippen LogP contribution is 2.21. The highest BCUT2D eigenvalue weighted by atomic mass is 16.7. The Bertz CT molecular complexity index is 351. The molecule has 1 rings (SSSR count). The third-order valence-corrected chi connectivity index (χ3v) is 1.75. The van der Waals surface area contributed by atoms with Gasteiger partial charge in [0.25, 0.3) is 0 Å². The Balaban J connectivity index is 2.90. The highest BCUT2D eigenvalue weighted by Gasteiger charge is 2.13. The molecule has 0 radical (unpaired) electrons. The van der Waals surface area contributed by atoms with Crippen molar-refractivity contribution in [1.82, 2.24) is 0 Å². The second-order valence-corrected chi connectivity index (χ2v) is 2.80. The zero-order valence-electron chi connectivity index (χ0n) is 8.65. The number of nitrogen functional groups attached to an aromatic ring is 1. The van der Waals surface area contributed by atoms with Gasteiger partial charge in [-0.05, 0) is 18.2 Å². The lowest BCUT2D eigenvalue weighted by Gasteiger charge is -2.08. The Kier molecular flexibility index (Phi) is 3.93. The lowest BCUT2D eigenvalue weighted by Crippen LogP contribution is -2.09. The number of methoxy groups -OCH3 is 2. The lowest BCUT2D eigenvalue weighted by atomic mass is 10.2. The number of hydrogen-bond donors (Lipinski definition) is 1. The molecule has 0 atom stereocenters. The highest BCUT2D eigenvalue weighted by molar-refractivity contribution is 5.93. The quantitative estimate of drug-likeness (QED) is 0.457. The van der Waals surface area contributed by atoms with Gasteiger partial charge in [0.15, 0.2) is 6.79 Å². The molecule has 2 N–H and O–H groups in total. The summed E-state index contributed by atoms with van der Waals surface area (Å²) in [6.45, 7) is -0.100. The van der Waals surface area contributed by atoms with E-state index < -0.39 is 5.97 Å². The third kappa shape index (κ3) is 2.85. The van der Waals surface area contributed by atoms with Crippen LogP contribution in [0.5, 0.6) is 5.75 Å². The second kappa shape index (κ2) is 5.21. The number of esters is 1. The van der Waals surface area contributed by atoms with Gasteiger partial charge in [0.2, 0.25) is 0 Å². The van der Waals surface area contributed by atoms with E-state index in [4.69, 9.17) is 15.2 Å². The van der Waals surface area contributed by atoms with Crippen LogP contribution >= 0.6 is 0 Å². The Hall–Kier alpha value is -1.75. The number of carbonyl (C=O) groups excluding carboxylic acids is 1. The molecule has 0 aromatic heterocycles. The minimum absolute atomic E-state index is 0.100. The molecular formula is C10H13NO4. The van der Waals surface area contributed by atoms with E-state index in [0.29, 0.717) is 11.4 Å². The Morgan fingerprint density at radius 1 is 1.40 bits per heavy atom. The lowest BCUT2D eigenvalue weighted by molar-refractivity contribution is -0.0127. The normalized spacial score (nSPS) is 9.73. The predicted molar refractivity (Wildman–Crippen MR) is 54.7 cm³/mol. The summed E-state index contributed by atoms with van der Waals surface area (Å²) in [6.07, 6.45) is 0. The van der Waals surface area contributed by atoms with Gasteiger partial charge in [-0.25, -0.2) is 4.79 Å². The van der Waals surface area contributed by atoms with Crippen molar-refractivity contribution in [3.05, 3.63) is 23.8 Å². The van der Waals surface area contributed by atoms with Crippen molar-refractivity contribution in [2.75, 3.05) is 26.7 Å². The first-order valence-corrected chi connectivity index (χ1v) is 4.28. The van der Waals surface area contributed by atoms with Crippen LogP contribution in [0.25, 0.3) is 0 Å². The van der Waals surface area contributed by atoms with Crippen LogP contribution in [0.2, 0.25) is 0 Å². The smallest absolute Gasteiger partial charge is 0.344 e. The number of nitrogens with two attached hydrogens (primary N) is 1. The molecule has 1 aromatic carbocycles. The zero-order valence-corrected chi connectivity index (χ0v) is 8.65. The summed E-state index contributed by atoms with van der Waals surface area (Å²) >= 11 is 0. The number of ether oxygens (including phenoxy) is 3. The molecule has 0 heterocycles. The number of benzene rings is 1. The van der Waals surface area contributed by atoms with Gasteiger partial charge in [0, 0.05) is 12.8 Å². The standard InChI is InChI=1S/C10H13NO4/c1-13-6-15-10(12)8-5-7(11)3-4-9(8)14-2/h3-5H,6,11H2,1-2H3. The van der Waals surface area contributed by atoms with Gasteiger partial charge in [-0.2, -0.15) is 0 Å². The fourth-order valence-corrected chi connectivity index (χ4v) is 1.08. The molecule has 0 bridgehead atoms. The summed E-state index contributed by atoms with van der Waals surface area (Å²) < 4.78 is 14.4. The first kappa shape index (κ1) is 11.3. The number of anilines is 1. The molecule has 0 fully saturated rings. The van der Waals surface area contributed by atoms with Crippen LogP contribution in [-0.2, 0) is 9.47 Å². The van der Waals surface area contributed by atoms with Crippen molar-refractivity contribution in [1.29, 1.82) is 0 Å². The fraction of sp³-hybridized carbons (Fsp3) is 0.300. The maximum Gasteiger partial charge on any atom is 0.344 e. The molecule has 0 aliphatic heterocycles. The maximum atomic E-state index is 11.5. The van der Waals surface area contributed by atoms with Gasteiger partial charge < -0.3 is 19.9 Å². The monoisotopic (exact) mass is 211 g/mol. The Morgan fingerprint density at radius 2 is 2.13 bits per heavy atom. The van der Waals surface area contributed by atoms with Gasteiger partial charge in [0.1, 0.15) is 11.3 Å². The van der Waals surface area contributed by atoms with Crippen LogP contribution in [0.3, 0.4) is 0 Å². The van der Waals surface area contributed by atoms with Crippen molar-refractivity contribution >= 4 is 11.7 Å². The van der Waals surface area contributed by atoms with Crippen LogP contribution in [-0.4, -0.2) is 27.0 Å². The topological polar surface area (TPSA) is 70.8 Å². The molecule has 0 aliphatic carbocycles. The molecule has 0 amide bonds. The van der Waals surface area contributed by atoms with Crippen molar-refractivity contribution in [3.8, 4) is 5.75 Å². The molecule has 5 heteroatoms. The van der Waals surface area contributed by atoms with Crippen LogP contribution in [0.1, 0.15) is 10.4 Å². The minimum Gasteiger partial charge on any atom is -0.496 e. The molecular weight excluding hydrogens is 198 g/mol. The van der Waals surface area contributed by atoms with Crippen molar-refractivity contribution in [3.63, 3.8) is 0 Å². The third-order valence-electron chi connectivity index (χ3n) is 1.75. The van der Waals surface area contributed by atoms with Crippen LogP contribution in [0, 0.1) is 0 Å². The maximum absolute atomic E-state index is 11.5. The van der Waals surface area contributed by atoms with E-state index in [1.165, 1.54) is 20.3 Å². The van der Waals surface area contributed by atoms with E-state index in [1.807, 2.05) is 0 Å². The molecule has 0 saturated heterocycles. The molecule has 0 unspecified atom stereocenters. The summed E-state index contributed by atoms with van der Waals surface area (Å²) in [6, 6.07) is 4.75. The largest absolute Gasteiger partial charge is 0.496 e. The minimum atomic E-state index is -0.527. The van der Waals surface area contributed by atoms with E-state index in [0.717, 1.165) is 0 Å². The molecule has 82 valence electrons. The Labute approximate surface area is 87.7 Å². The second-order valence-electron chi connectivity index (χ2n) is 2.80. The summed E-state index contributed by atoms with van der Waals surface area (Å²) in [7, 11) is 2.91. The summed E-state index contributed by atoms with van der Waals surface area (Å²) in [5.41, 5.74) is 6.31. The number of rotatable bonds is 4. The van der Waals surface area contributed by atoms with Gasteiger partial charge >= 0.3 is 5.97 Å². The van der Waals surface area contributed by atoms with E-state index in [-0.39, 0.29) is 12.4 Å². The summed E-state index contributed by atoms with van der Waals surface area (Å²) in [5.74, 6) is -0.105. The average molecular weight is 211 g/mol. The Morgan fingerprint density at radius 3 is 2.73 bits per heavy atom.